The number of hydrogen-bond donors (Lipinski definition) is 1. The summed E-state index contributed by atoms with van der Waals surface area (Å²) in [4.78, 5) is 30.0. The Labute approximate surface area is 207 Å². The molecule has 1 aromatic carbocycles. The number of fused-ring (bicyclic) bond motifs is 1. The molecule has 5 rings (SSSR count). The number of anilines is 1. The first-order valence-corrected chi connectivity index (χ1v) is 13.2. The van der Waals surface area contributed by atoms with Crippen molar-refractivity contribution in [1.29, 1.82) is 0 Å². The molecular weight excluding hydrogens is 449 g/mol. The summed E-state index contributed by atoms with van der Waals surface area (Å²) in [7, 11) is 0. The molecule has 35 heavy (non-hydrogen) atoms. The van der Waals surface area contributed by atoms with Crippen molar-refractivity contribution in [2.75, 3.05) is 38.2 Å². The van der Waals surface area contributed by atoms with Gasteiger partial charge in [0.2, 0.25) is 11.8 Å². The lowest BCUT2D eigenvalue weighted by atomic mass is 9.90. The number of carbonyl (C=O) groups is 2. The highest BCUT2D eigenvalue weighted by Crippen LogP contribution is 2.37. The molecule has 3 heterocycles. The number of piperazine rings is 1. The van der Waals surface area contributed by atoms with Gasteiger partial charge in [0.25, 0.3) is 0 Å². The Kier molecular flexibility index (Phi) is 7.42. The molecule has 0 radical (unpaired) electrons. The van der Waals surface area contributed by atoms with Crippen LogP contribution in [0.5, 0.6) is 0 Å². The molecular formula is C27H38FN3O4. The van der Waals surface area contributed by atoms with E-state index in [0.717, 1.165) is 56.3 Å². The lowest BCUT2D eigenvalue weighted by Crippen LogP contribution is -2.54. The molecule has 1 aliphatic carbocycles. The van der Waals surface area contributed by atoms with Crippen LogP contribution in [0, 0.1) is 30.5 Å². The van der Waals surface area contributed by atoms with Gasteiger partial charge in [0.1, 0.15) is 5.82 Å². The number of rotatable bonds is 6. The second-order valence-electron chi connectivity index (χ2n) is 10.9. The van der Waals surface area contributed by atoms with Crippen molar-refractivity contribution in [2.45, 2.75) is 71.2 Å². The van der Waals surface area contributed by atoms with E-state index in [1.165, 1.54) is 6.07 Å². The zero-order valence-electron chi connectivity index (χ0n) is 20.9. The average Bonchev–Trinajstić information content (AvgIpc) is 3.57. The quantitative estimate of drug-likeness (QED) is 0.663. The van der Waals surface area contributed by atoms with Gasteiger partial charge < -0.3 is 19.7 Å². The van der Waals surface area contributed by atoms with Crippen molar-refractivity contribution >= 4 is 17.5 Å². The number of nitrogens with zero attached hydrogens (tertiary/aromatic N) is 2. The SMILES string of the molecule is Cc1c(CN2CCN(C(=O)C3CCCC3)C(C)C2)cc(F)cc1NC(=O)CC1COC2OCCC12. The first-order chi connectivity index (χ1) is 16.9. The number of nitrogens with one attached hydrogen (secondary N) is 1. The Morgan fingerprint density at radius 1 is 1.14 bits per heavy atom. The van der Waals surface area contributed by atoms with Crippen LogP contribution in [0.25, 0.3) is 0 Å². The molecule has 4 fully saturated rings. The highest BCUT2D eigenvalue weighted by molar-refractivity contribution is 5.91. The molecule has 3 aliphatic heterocycles. The second-order valence-corrected chi connectivity index (χ2v) is 10.9. The van der Waals surface area contributed by atoms with Gasteiger partial charge in [-0.15, -0.1) is 0 Å². The van der Waals surface area contributed by atoms with E-state index >= 15 is 0 Å². The van der Waals surface area contributed by atoms with Gasteiger partial charge in [-0.05, 0) is 62.3 Å². The summed E-state index contributed by atoms with van der Waals surface area (Å²) < 4.78 is 25.8. The first kappa shape index (κ1) is 24.7. The van der Waals surface area contributed by atoms with Gasteiger partial charge >= 0.3 is 0 Å². The van der Waals surface area contributed by atoms with Crippen molar-refractivity contribution in [3.63, 3.8) is 0 Å². The average molecular weight is 488 g/mol. The van der Waals surface area contributed by atoms with E-state index in [2.05, 4.69) is 17.1 Å². The normalized spacial score (nSPS) is 29.5. The minimum absolute atomic E-state index is 0.113. The zero-order valence-corrected chi connectivity index (χ0v) is 20.9. The number of amides is 2. The molecule has 4 aliphatic rings. The van der Waals surface area contributed by atoms with Crippen molar-refractivity contribution < 1.29 is 23.5 Å². The Balaban J connectivity index is 1.19. The van der Waals surface area contributed by atoms with Gasteiger partial charge in [-0.3, -0.25) is 14.5 Å². The standard InChI is InChI=1S/C27H38FN3O4/c1-17-14-30(8-9-31(17)26(33)19-5-3-4-6-19)15-20-11-22(28)13-24(18(20)2)29-25(32)12-21-16-35-27-23(21)7-10-34-27/h11,13,17,19,21,23,27H,3-10,12,14-16H2,1-2H3,(H,29,32). The summed E-state index contributed by atoms with van der Waals surface area (Å²) in [5.41, 5.74) is 2.30. The molecule has 0 aromatic heterocycles. The van der Waals surface area contributed by atoms with Crippen LogP contribution < -0.4 is 5.32 Å². The fourth-order valence-electron chi connectivity index (χ4n) is 6.38. The molecule has 4 unspecified atom stereocenters. The molecule has 4 atom stereocenters. The summed E-state index contributed by atoms with van der Waals surface area (Å²) in [6.45, 7) is 8.10. The fourth-order valence-corrected chi connectivity index (χ4v) is 6.38. The Hall–Kier alpha value is -2.03. The van der Waals surface area contributed by atoms with Gasteiger partial charge in [0.05, 0.1) is 13.2 Å². The topological polar surface area (TPSA) is 71.1 Å². The monoisotopic (exact) mass is 487 g/mol. The highest BCUT2D eigenvalue weighted by Gasteiger charge is 2.42. The Morgan fingerprint density at radius 3 is 2.71 bits per heavy atom. The minimum Gasteiger partial charge on any atom is -0.352 e. The van der Waals surface area contributed by atoms with E-state index in [9.17, 15) is 14.0 Å². The maximum absolute atomic E-state index is 14.6. The molecule has 0 bridgehead atoms. The van der Waals surface area contributed by atoms with Crippen molar-refractivity contribution in [2.24, 2.45) is 17.8 Å². The van der Waals surface area contributed by atoms with E-state index in [4.69, 9.17) is 9.47 Å². The van der Waals surface area contributed by atoms with Crippen LogP contribution in [-0.4, -0.2) is 66.8 Å². The number of ether oxygens (including phenoxy) is 2. The number of benzene rings is 1. The summed E-state index contributed by atoms with van der Waals surface area (Å²) in [6, 6.07) is 3.11. The van der Waals surface area contributed by atoms with Crippen LogP contribution >= 0.6 is 0 Å². The molecule has 3 saturated heterocycles. The van der Waals surface area contributed by atoms with Gasteiger partial charge in [-0.1, -0.05) is 12.8 Å². The van der Waals surface area contributed by atoms with Gasteiger partial charge in [-0.2, -0.15) is 0 Å². The lowest BCUT2D eigenvalue weighted by molar-refractivity contribution is -0.140. The maximum Gasteiger partial charge on any atom is 0.226 e. The molecule has 7 nitrogen and oxygen atoms in total. The molecule has 192 valence electrons. The number of halogens is 1. The van der Waals surface area contributed by atoms with E-state index in [1.54, 1.807) is 6.07 Å². The lowest BCUT2D eigenvalue weighted by Gasteiger charge is -2.41. The molecule has 1 saturated carbocycles. The largest absolute Gasteiger partial charge is 0.352 e. The third-order valence-electron chi connectivity index (χ3n) is 8.46. The van der Waals surface area contributed by atoms with Crippen molar-refractivity contribution in [3.05, 3.63) is 29.1 Å². The summed E-state index contributed by atoms with van der Waals surface area (Å²) in [6.07, 6.45) is 5.45. The van der Waals surface area contributed by atoms with E-state index in [1.807, 2.05) is 11.8 Å². The van der Waals surface area contributed by atoms with Crippen LogP contribution in [0.1, 0.15) is 56.6 Å². The Bertz CT molecular complexity index is 951. The van der Waals surface area contributed by atoms with Crippen LogP contribution in [0.3, 0.4) is 0 Å². The molecule has 8 heteroatoms. The van der Waals surface area contributed by atoms with Crippen molar-refractivity contribution in [1.82, 2.24) is 9.80 Å². The second kappa shape index (κ2) is 10.5. The van der Waals surface area contributed by atoms with E-state index in [0.29, 0.717) is 44.3 Å². The van der Waals surface area contributed by atoms with Crippen molar-refractivity contribution in [3.8, 4) is 0 Å². The smallest absolute Gasteiger partial charge is 0.226 e. The maximum atomic E-state index is 14.6. The molecule has 0 spiro atoms. The van der Waals surface area contributed by atoms with E-state index in [-0.39, 0.29) is 41.8 Å². The fraction of sp³-hybridized carbons (Fsp3) is 0.704. The first-order valence-electron chi connectivity index (χ1n) is 13.2. The molecule has 1 N–H and O–H groups in total. The Morgan fingerprint density at radius 2 is 1.94 bits per heavy atom. The van der Waals surface area contributed by atoms with Gasteiger partial charge in [-0.25, -0.2) is 4.39 Å². The van der Waals surface area contributed by atoms with Crippen LogP contribution in [0.15, 0.2) is 12.1 Å². The number of hydrogen-bond acceptors (Lipinski definition) is 5. The summed E-state index contributed by atoms with van der Waals surface area (Å²) in [5.74, 6) is 0.454. The zero-order chi connectivity index (χ0) is 24.5. The van der Waals surface area contributed by atoms with Gasteiger partial charge in [0, 0.05) is 56.2 Å². The van der Waals surface area contributed by atoms with Crippen LogP contribution in [0.4, 0.5) is 10.1 Å². The van der Waals surface area contributed by atoms with Crippen LogP contribution in [-0.2, 0) is 25.6 Å². The highest BCUT2D eigenvalue weighted by atomic mass is 19.1. The predicted octanol–water partition coefficient (Wildman–Crippen LogP) is 3.69. The van der Waals surface area contributed by atoms with E-state index < -0.39 is 0 Å². The van der Waals surface area contributed by atoms with Crippen LogP contribution in [0.2, 0.25) is 0 Å². The third kappa shape index (κ3) is 5.39. The van der Waals surface area contributed by atoms with Gasteiger partial charge in [0.15, 0.2) is 6.29 Å². The minimum atomic E-state index is -0.350. The summed E-state index contributed by atoms with van der Waals surface area (Å²) in [5, 5.41) is 2.95. The molecule has 1 aromatic rings. The predicted molar refractivity (Wildman–Crippen MR) is 130 cm³/mol. The third-order valence-corrected chi connectivity index (χ3v) is 8.46. The number of carbonyl (C=O) groups excluding carboxylic acids is 2. The summed E-state index contributed by atoms with van der Waals surface area (Å²) >= 11 is 0. The molecule has 2 amide bonds.